The van der Waals surface area contributed by atoms with Gasteiger partial charge in [0, 0.05) is 24.3 Å². The van der Waals surface area contributed by atoms with Gasteiger partial charge >= 0.3 is 5.97 Å². The van der Waals surface area contributed by atoms with Crippen molar-refractivity contribution in [1.29, 1.82) is 0 Å². The van der Waals surface area contributed by atoms with Crippen molar-refractivity contribution in [2.45, 2.75) is 18.9 Å². The zero-order valence-electron chi connectivity index (χ0n) is 14.5. The van der Waals surface area contributed by atoms with E-state index in [-0.39, 0.29) is 23.3 Å². The molecule has 1 aliphatic heterocycles. The van der Waals surface area contributed by atoms with Crippen LogP contribution in [0.15, 0.2) is 42.5 Å². The van der Waals surface area contributed by atoms with Crippen LogP contribution in [-0.2, 0) is 9.47 Å². The van der Waals surface area contributed by atoms with Crippen LogP contribution in [0, 0.1) is 0 Å². The third-order valence-corrected chi connectivity index (χ3v) is 4.37. The van der Waals surface area contributed by atoms with E-state index in [2.05, 4.69) is 10.1 Å². The second-order valence-corrected chi connectivity index (χ2v) is 6.15. The summed E-state index contributed by atoms with van der Waals surface area (Å²) in [5.41, 5.74) is 1.98. The Labute approximate surface area is 151 Å². The van der Waals surface area contributed by atoms with E-state index in [1.807, 2.05) is 0 Å². The first kappa shape index (κ1) is 17.9. The third kappa shape index (κ3) is 4.03. The van der Waals surface area contributed by atoms with E-state index in [0.29, 0.717) is 23.2 Å². The largest absolute Gasteiger partial charge is 0.507 e. The van der Waals surface area contributed by atoms with E-state index >= 15 is 0 Å². The fraction of sp³-hybridized carbons (Fsp3) is 0.300. The summed E-state index contributed by atoms with van der Waals surface area (Å²) in [6, 6.07) is 11.5. The second kappa shape index (κ2) is 8.01. The first-order valence-corrected chi connectivity index (χ1v) is 8.50. The van der Waals surface area contributed by atoms with Crippen molar-refractivity contribution in [1.82, 2.24) is 5.32 Å². The third-order valence-electron chi connectivity index (χ3n) is 4.37. The monoisotopic (exact) mass is 355 g/mol. The number of hydrogen-bond donors (Lipinski definition) is 2. The lowest BCUT2D eigenvalue weighted by atomic mass is 10.0. The van der Waals surface area contributed by atoms with Crippen molar-refractivity contribution in [3.05, 3.63) is 53.6 Å². The Balaban J connectivity index is 1.76. The SMILES string of the molecule is COC(=O)c1ccc(-c2cccc(C(=O)NC[C@H]3CCCO3)c2)c(O)c1. The van der Waals surface area contributed by atoms with Crippen LogP contribution in [0.25, 0.3) is 11.1 Å². The predicted molar refractivity (Wildman–Crippen MR) is 96.2 cm³/mol. The number of esters is 1. The molecule has 0 saturated carbocycles. The molecular formula is C20H21NO5. The van der Waals surface area contributed by atoms with Crippen LogP contribution >= 0.6 is 0 Å². The molecule has 0 spiro atoms. The summed E-state index contributed by atoms with van der Waals surface area (Å²) in [5, 5.41) is 13.1. The van der Waals surface area contributed by atoms with Crippen LogP contribution in [0.3, 0.4) is 0 Å². The normalized spacial score (nSPS) is 16.3. The maximum Gasteiger partial charge on any atom is 0.337 e. The van der Waals surface area contributed by atoms with Gasteiger partial charge in [-0.3, -0.25) is 4.79 Å². The molecule has 1 fully saturated rings. The molecule has 1 aliphatic rings. The van der Waals surface area contributed by atoms with Crippen LogP contribution in [0.4, 0.5) is 0 Å². The number of rotatable bonds is 5. The van der Waals surface area contributed by atoms with Crippen molar-refractivity contribution in [2.75, 3.05) is 20.3 Å². The highest BCUT2D eigenvalue weighted by Crippen LogP contribution is 2.30. The molecule has 0 bridgehead atoms. The Morgan fingerprint density at radius 1 is 1.23 bits per heavy atom. The fourth-order valence-corrected chi connectivity index (χ4v) is 2.96. The van der Waals surface area contributed by atoms with Crippen molar-refractivity contribution >= 4 is 11.9 Å². The van der Waals surface area contributed by atoms with Crippen molar-refractivity contribution in [3.63, 3.8) is 0 Å². The maximum atomic E-state index is 12.4. The number of benzene rings is 2. The number of carbonyl (C=O) groups excluding carboxylic acids is 2. The summed E-state index contributed by atoms with van der Waals surface area (Å²) in [5.74, 6) is -0.757. The molecule has 1 heterocycles. The lowest BCUT2D eigenvalue weighted by Gasteiger charge is -2.12. The van der Waals surface area contributed by atoms with Gasteiger partial charge in [0.2, 0.25) is 0 Å². The number of methoxy groups -OCH3 is 1. The summed E-state index contributed by atoms with van der Waals surface area (Å²) in [4.78, 5) is 23.9. The quantitative estimate of drug-likeness (QED) is 0.806. The smallest absolute Gasteiger partial charge is 0.337 e. The Kier molecular flexibility index (Phi) is 5.53. The topological polar surface area (TPSA) is 84.9 Å². The second-order valence-electron chi connectivity index (χ2n) is 6.15. The van der Waals surface area contributed by atoms with Crippen molar-refractivity contribution < 1.29 is 24.2 Å². The number of phenolic OH excluding ortho intramolecular Hbond substituents is 1. The lowest BCUT2D eigenvalue weighted by Crippen LogP contribution is -2.31. The van der Waals surface area contributed by atoms with Crippen LogP contribution in [0.2, 0.25) is 0 Å². The highest BCUT2D eigenvalue weighted by molar-refractivity contribution is 5.96. The average Bonchev–Trinajstić information content (AvgIpc) is 3.19. The van der Waals surface area contributed by atoms with Gasteiger partial charge in [0.05, 0.1) is 18.8 Å². The minimum atomic E-state index is -0.519. The first-order chi connectivity index (χ1) is 12.6. The summed E-state index contributed by atoms with van der Waals surface area (Å²) < 4.78 is 10.1. The predicted octanol–water partition coefficient (Wildman–Crippen LogP) is 2.75. The number of ether oxygens (including phenoxy) is 2. The van der Waals surface area contributed by atoms with E-state index in [1.54, 1.807) is 36.4 Å². The molecule has 0 aliphatic carbocycles. The van der Waals surface area contributed by atoms with E-state index < -0.39 is 5.97 Å². The van der Waals surface area contributed by atoms with Gasteiger partial charge in [-0.25, -0.2) is 4.79 Å². The minimum absolute atomic E-state index is 0.0511. The highest BCUT2D eigenvalue weighted by Gasteiger charge is 2.17. The maximum absolute atomic E-state index is 12.4. The molecule has 1 saturated heterocycles. The van der Waals surface area contributed by atoms with Gasteiger partial charge in [-0.05, 0) is 48.7 Å². The van der Waals surface area contributed by atoms with Gasteiger partial charge in [-0.1, -0.05) is 12.1 Å². The van der Waals surface area contributed by atoms with Crippen LogP contribution < -0.4 is 5.32 Å². The van der Waals surface area contributed by atoms with Crippen LogP contribution in [0.1, 0.15) is 33.6 Å². The molecule has 1 amide bonds. The van der Waals surface area contributed by atoms with E-state index in [9.17, 15) is 14.7 Å². The zero-order chi connectivity index (χ0) is 18.5. The van der Waals surface area contributed by atoms with Gasteiger partial charge in [-0.15, -0.1) is 0 Å². The van der Waals surface area contributed by atoms with Gasteiger partial charge in [0.15, 0.2) is 0 Å². The molecule has 0 unspecified atom stereocenters. The molecular weight excluding hydrogens is 334 g/mol. The minimum Gasteiger partial charge on any atom is -0.507 e. The summed E-state index contributed by atoms with van der Waals surface area (Å²) in [7, 11) is 1.28. The summed E-state index contributed by atoms with van der Waals surface area (Å²) in [6.07, 6.45) is 2.06. The Bertz CT molecular complexity index is 812. The zero-order valence-corrected chi connectivity index (χ0v) is 14.5. The molecule has 2 aromatic carbocycles. The fourth-order valence-electron chi connectivity index (χ4n) is 2.96. The average molecular weight is 355 g/mol. The molecule has 0 radical (unpaired) electrons. The van der Waals surface area contributed by atoms with E-state index in [4.69, 9.17) is 4.74 Å². The van der Waals surface area contributed by atoms with Crippen molar-refractivity contribution in [3.8, 4) is 16.9 Å². The summed E-state index contributed by atoms with van der Waals surface area (Å²) >= 11 is 0. The number of nitrogens with one attached hydrogen (secondary N) is 1. The van der Waals surface area contributed by atoms with Gasteiger partial charge < -0.3 is 19.9 Å². The number of carbonyl (C=O) groups is 2. The Hall–Kier alpha value is -2.86. The number of amides is 1. The lowest BCUT2D eigenvalue weighted by molar-refractivity contribution is 0.0600. The van der Waals surface area contributed by atoms with Gasteiger partial charge in [-0.2, -0.15) is 0 Å². The van der Waals surface area contributed by atoms with E-state index in [0.717, 1.165) is 19.4 Å². The molecule has 2 aromatic rings. The van der Waals surface area contributed by atoms with E-state index in [1.165, 1.54) is 13.2 Å². The molecule has 3 rings (SSSR count). The molecule has 1 atom stereocenters. The number of hydrogen-bond acceptors (Lipinski definition) is 5. The van der Waals surface area contributed by atoms with Crippen molar-refractivity contribution in [2.24, 2.45) is 0 Å². The van der Waals surface area contributed by atoms with Crippen LogP contribution in [-0.4, -0.2) is 43.3 Å². The number of phenols is 1. The highest BCUT2D eigenvalue weighted by atomic mass is 16.5. The van der Waals surface area contributed by atoms with Gasteiger partial charge in [0.25, 0.3) is 5.91 Å². The molecule has 136 valence electrons. The standard InChI is InChI=1S/C20H21NO5/c1-25-20(24)15-7-8-17(18(22)11-15)13-4-2-5-14(10-13)19(23)21-12-16-6-3-9-26-16/h2,4-5,7-8,10-11,16,22H,3,6,9,12H2,1H3,(H,21,23)/t16-/m1/s1. The number of aromatic hydroxyl groups is 1. The van der Waals surface area contributed by atoms with Gasteiger partial charge in [0.1, 0.15) is 5.75 Å². The first-order valence-electron chi connectivity index (χ1n) is 8.50. The molecule has 0 aromatic heterocycles. The molecule has 2 N–H and O–H groups in total. The van der Waals surface area contributed by atoms with Crippen LogP contribution in [0.5, 0.6) is 5.75 Å². The molecule has 26 heavy (non-hydrogen) atoms. The Morgan fingerprint density at radius 2 is 2.08 bits per heavy atom. The Morgan fingerprint density at radius 3 is 2.77 bits per heavy atom. The molecule has 6 nitrogen and oxygen atoms in total. The summed E-state index contributed by atoms with van der Waals surface area (Å²) in [6.45, 7) is 1.24. The molecule has 6 heteroatoms.